The zero-order valence-electron chi connectivity index (χ0n) is 10.6. The molecule has 0 aromatic carbocycles. The van der Waals surface area contributed by atoms with E-state index >= 15 is 0 Å². The zero-order chi connectivity index (χ0) is 13.7. The summed E-state index contributed by atoms with van der Waals surface area (Å²) in [5.41, 5.74) is 2.33. The van der Waals surface area contributed by atoms with Crippen LogP contribution in [0.2, 0.25) is 5.02 Å². The minimum atomic E-state index is -0.107. The molecule has 0 atom stereocenters. The Morgan fingerprint density at radius 1 is 1.61 bits per heavy atom. The fraction of sp³-hybridized carbons (Fsp3) is 0.500. The average Bonchev–Trinajstić information content (AvgIpc) is 2.28. The maximum Gasteiger partial charge on any atom is 0.239 e. The molecule has 1 heterocycles. The Labute approximate surface area is 111 Å². The molecule has 1 aromatic heterocycles. The van der Waals surface area contributed by atoms with Gasteiger partial charge in [-0.05, 0) is 13.8 Å². The number of hydrogen-bond acceptors (Lipinski definition) is 6. The van der Waals surface area contributed by atoms with Gasteiger partial charge >= 0.3 is 0 Å². The molecule has 100 valence electrons. The van der Waals surface area contributed by atoms with Crippen LogP contribution in [0.3, 0.4) is 0 Å². The van der Waals surface area contributed by atoms with Gasteiger partial charge in [-0.15, -0.1) is 0 Å². The molecule has 0 saturated heterocycles. The highest BCUT2D eigenvalue weighted by molar-refractivity contribution is 6.32. The largest absolute Gasteiger partial charge is 0.352 e. The molecule has 0 aliphatic heterocycles. The zero-order valence-corrected chi connectivity index (χ0v) is 11.3. The van der Waals surface area contributed by atoms with Gasteiger partial charge in [0.15, 0.2) is 5.82 Å². The number of rotatable bonds is 5. The number of likely N-dealkylation sites (N-methyl/N-ethyl adjacent to an activating group) is 1. The van der Waals surface area contributed by atoms with Crippen LogP contribution in [-0.4, -0.2) is 35.5 Å². The normalized spacial score (nSPS) is 10.3. The van der Waals surface area contributed by atoms with E-state index in [-0.39, 0.29) is 24.4 Å². The van der Waals surface area contributed by atoms with Gasteiger partial charge in [0.2, 0.25) is 11.9 Å². The summed E-state index contributed by atoms with van der Waals surface area (Å²) >= 11 is 5.97. The number of nitrogens with one attached hydrogen (secondary N) is 2. The van der Waals surface area contributed by atoms with Crippen molar-refractivity contribution in [3.05, 3.63) is 11.2 Å². The highest BCUT2D eigenvalue weighted by atomic mass is 35.5. The number of nitrogens with two attached hydrogens (primary N) is 1. The first kappa shape index (κ1) is 14.5. The van der Waals surface area contributed by atoms with E-state index in [0.29, 0.717) is 10.8 Å². The van der Waals surface area contributed by atoms with Crippen LogP contribution < -0.4 is 21.5 Å². The molecule has 0 saturated carbocycles. The molecule has 0 unspecified atom stereocenters. The summed E-state index contributed by atoms with van der Waals surface area (Å²) in [7, 11) is 1.72. The molecule has 1 amide bonds. The van der Waals surface area contributed by atoms with Crippen LogP contribution in [0.15, 0.2) is 6.20 Å². The lowest BCUT2D eigenvalue weighted by atomic mass is 10.4. The highest BCUT2D eigenvalue weighted by Gasteiger charge is 2.13. The standard InChI is InChI=1S/C10H17ClN6O/c1-6(2)14-8(18)5-17(3)9-7(11)4-13-10(15-9)16-12/h4,6H,5,12H2,1-3H3,(H,14,18)(H,13,15,16). The van der Waals surface area contributed by atoms with Gasteiger partial charge in [-0.25, -0.2) is 10.8 Å². The van der Waals surface area contributed by atoms with Crippen molar-refractivity contribution >= 4 is 29.3 Å². The third-order valence-electron chi connectivity index (χ3n) is 2.05. The molecule has 18 heavy (non-hydrogen) atoms. The SMILES string of the molecule is CC(C)NC(=O)CN(C)c1nc(NN)ncc1Cl. The van der Waals surface area contributed by atoms with E-state index < -0.39 is 0 Å². The maximum absolute atomic E-state index is 11.6. The number of carbonyl (C=O) groups excluding carboxylic acids is 1. The first-order chi connectivity index (χ1) is 8.43. The predicted molar refractivity (Wildman–Crippen MR) is 71.4 cm³/mol. The van der Waals surface area contributed by atoms with Crippen molar-refractivity contribution in [3.63, 3.8) is 0 Å². The van der Waals surface area contributed by atoms with Crippen molar-refractivity contribution in [2.45, 2.75) is 19.9 Å². The fourth-order valence-electron chi connectivity index (χ4n) is 1.35. The number of halogens is 1. The Hall–Kier alpha value is -1.60. The lowest BCUT2D eigenvalue weighted by molar-refractivity contribution is -0.120. The summed E-state index contributed by atoms with van der Waals surface area (Å²) in [6, 6.07) is 0.0908. The average molecular weight is 273 g/mol. The number of anilines is 2. The molecular weight excluding hydrogens is 256 g/mol. The van der Waals surface area contributed by atoms with E-state index in [2.05, 4.69) is 20.7 Å². The van der Waals surface area contributed by atoms with Crippen LogP contribution in [0.25, 0.3) is 0 Å². The number of aromatic nitrogens is 2. The van der Waals surface area contributed by atoms with E-state index in [4.69, 9.17) is 17.4 Å². The van der Waals surface area contributed by atoms with Crippen LogP contribution in [0, 0.1) is 0 Å². The number of nitrogen functional groups attached to an aromatic ring is 1. The minimum Gasteiger partial charge on any atom is -0.352 e. The van der Waals surface area contributed by atoms with Crippen molar-refractivity contribution < 1.29 is 4.79 Å². The lowest BCUT2D eigenvalue weighted by Crippen LogP contribution is -2.39. The molecule has 7 nitrogen and oxygen atoms in total. The molecule has 8 heteroatoms. The third kappa shape index (κ3) is 4.01. The number of hydrazine groups is 1. The number of carbonyl (C=O) groups is 1. The highest BCUT2D eigenvalue weighted by Crippen LogP contribution is 2.22. The summed E-state index contributed by atoms with van der Waals surface area (Å²) in [6.45, 7) is 3.94. The van der Waals surface area contributed by atoms with Gasteiger partial charge in [-0.3, -0.25) is 10.2 Å². The smallest absolute Gasteiger partial charge is 0.239 e. The van der Waals surface area contributed by atoms with Crippen LogP contribution in [0.1, 0.15) is 13.8 Å². The quantitative estimate of drug-likeness (QED) is 0.530. The predicted octanol–water partition coefficient (Wildman–Crippen LogP) is 0.376. The summed E-state index contributed by atoms with van der Waals surface area (Å²) in [5.74, 6) is 5.80. The summed E-state index contributed by atoms with van der Waals surface area (Å²) in [4.78, 5) is 21.2. The second kappa shape index (κ2) is 6.36. The van der Waals surface area contributed by atoms with E-state index in [0.717, 1.165) is 0 Å². The maximum atomic E-state index is 11.6. The summed E-state index contributed by atoms with van der Waals surface area (Å²) < 4.78 is 0. The Morgan fingerprint density at radius 3 is 2.83 bits per heavy atom. The Balaban J connectivity index is 2.77. The molecule has 4 N–H and O–H groups in total. The third-order valence-corrected chi connectivity index (χ3v) is 2.31. The fourth-order valence-corrected chi connectivity index (χ4v) is 1.59. The van der Waals surface area contributed by atoms with E-state index in [9.17, 15) is 4.79 Å². The molecule has 1 rings (SSSR count). The van der Waals surface area contributed by atoms with Gasteiger partial charge in [0.1, 0.15) is 5.02 Å². The first-order valence-corrected chi connectivity index (χ1v) is 5.81. The second-order valence-corrected chi connectivity index (χ2v) is 4.49. The molecular formula is C10H17ClN6O. The number of nitrogens with zero attached hydrogens (tertiary/aromatic N) is 3. The van der Waals surface area contributed by atoms with Crippen LogP contribution in [0.5, 0.6) is 0 Å². The molecule has 0 fully saturated rings. The second-order valence-electron chi connectivity index (χ2n) is 4.09. The van der Waals surface area contributed by atoms with Crippen molar-refractivity contribution in [1.82, 2.24) is 15.3 Å². The van der Waals surface area contributed by atoms with E-state index in [1.165, 1.54) is 6.20 Å². The van der Waals surface area contributed by atoms with Crippen LogP contribution >= 0.6 is 11.6 Å². The van der Waals surface area contributed by atoms with Gasteiger partial charge in [0.05, 0.1) is 12.7 Å². The summed E-state index contributed by atoms with van der Waals surface area (Å²) in [5, 5.41) is 3.14. The van der Waals surface area contributed by atoms with Crippen molar-refractivity contribution in [2.75, 3.05) is 23.9 Å². The Bertz CT molecular complexity index is 425. The minimum absolute atomic E-state index is 0.0908. The monoisotopic (exact) mass is 272 g/mol. The molecule has 1 aromatic rings. The topological polar surface area (TPSA) is 96.2 Å². The van der Waals surface area contributed by atoms with E-state index in [1.807, 2.05) is 13.8 Å². The molecule has 0 aliphatic rings. The molecule has 0 radical (unpaired) electrons. The van der Waals surface area contributed by atoms with E-state index in [1.54, 1.807) is 11.9 Å². The molecule has 0 spiro atoms. The van der Waals surface area contributed by atoms with Gasteiger partial charge in [-0.2, -0.15) is 4.98 Å². The van der Waals surface area contributed by atoms with Crippen molar-refractivity contribution in [2.24, 2.45) is 5.84 Å². The Kier molecular flexibility index (Phi) is 5.11. The number of amides is 1. The number of hydrogen-bond donors (Lipinski definition) is 3. The van der Waals surface area contributed by atoms with Gasteiger partial charge < -0.3 is 10.2 Å². The van der Waals surface area contributed by atoms with Crippen molar-refractivity contribution in [1.29, 1.82) is 0 Å². The Morgan fingerprint density at radius 2 is 2.28 bits per heavy atom. The van der Waals surface area contributed by atoms with Gasteiger partial charge in [0, 0.05) is 13.1 Å². The summed E-state index contributed by atoms with van der Waals surface area (Å²) in [6.07, 6.45) is 1.43. The molecule has 0 aliphatic carbocycles. The molecule has 0 bridgehead atoms. The van der Waals surface area contributed by atoms with Crippen LogP contribution in [0.4, 0.5) is 11.8 Å². The first-order valence-electron chi connectivity index (χ1n) is 5.43. The van der Waals surface area contributed by atoms with Gasteiger partial charge in [-0.1, -0.05) is 11.6 Å². The van der Waals surface area contributed by atoms with Crippen LogP contribution in [-0.2, 0) is 4.79 Å². The van der Waals surface area contributed by atoms with Gasteiger partial charge in [0.25, 0.3) is 0 Å². The van der Waals surface area contributed by atoms with Crippen molar-refractivity contribution in [3.8, 4) is 0 Å². The lowest BCUT2D eigenvalue weighted by Gasteiger charge is -2.19.